The van der Waals surface area contributed by atoms with Gasteiger partial charge in [0, 0.05) is 17.5 Å². The molecule has 2 aromatic heterocycles. The maximum Gasteiger partial charge on any atom is 0.340 e. The molecule has 0 spiro atoms. The van der Waals surface area contributed by atoms with Crippen LogP contribution < -0.4 is 4.74 Å². The Morgan fingerprint density at radius 2 is 2.05 bits per heavy atom. The van der Waals surface area contributed by atoms with Crippen molar-refractivity contribution in [1.82, 2.24) is 15.0 Å². The second-order valence-electron chi connectivity index (χ2n) is 4.21. The zero-order valence-corrected chi connectivity index (χ0v) is 12.1. The zero-order valence-electron chi connectivity index (χ0n) is 12.1. The molecule has 6 heteroatoms. The van der Waals surface area contributed by atoms with Gasteiger partial charge in [-0.25, -0.2) is 14.8 Å². The van der Waals surface area contributed by atoms with Gasteiger partial charge in [-0.05, 0) is 19.1 Å². The van der Waals surface area contributed by atoms with Gasteiger partial charge in [-0.2, -0.15) is 0 Å². The molecular weight excluding hydrogens is 270 g/mol. The van der Waals surface area contributed by atoms with Crippen LogP contribution in [0.2, 0.25) is 0 Å². The molecule has 6 nitrogen and oxygen atoms in total. The van der Waals surface area contributed by atoms with E-state index in [-0.39, 0.29) is 0 Å². The van der Waals surface area contributed by atoms with E-state index in [4.69, 9.17) is 9.47 Å². The highest BCUT2D eigenvalue weighted by Crippen LogP contribution is 2.30. The molecule has 2 heterocycles. The average molecular weight is 285 g/mol. The number of carbonyl (C=O) groups excluding carboxylic acids is 1. The molecule has 2 aromatic rings. The van der Waals surface area contributed by atoms with Crippen LogP contribution in [0, 0.1) is 6.92 Å². The molecule has 0 aliphatic carbocycles. The lowest BCUT2D eigenvalue weighted by Crippen LogP contribution is -2.07. The SMILES string of the molecule is C=Cc1ncc(OC)c(-c2cc(C)ncc2C(=O)OC)n1. The Morgan fingerprint density at radius 3 is 2.67 bits per heavy atom. The third kappa shape index (κ3) is 2.89. The first-order valence-corrected chi connectivity index (χ1v) is 6.19. The summed E-state index contributed by atoms with van der Waals surface area (Å²) in [6, 6.07) is 1.75. The highest BCUT2D eigenvalue weighted by Gasteiger charge is 2.19. The molecule has 0 bridgehead atoms. The lowest BCUT2D eigenvalue weighted by Gasteiger charge is -2.11. The fourth-order valence-electron chi connectivity index (χ4n) is 1.85. The van der Waals surface area contributed by atoms with Crippen molar-refractivity contribution in [2.24, 2.45) is 0 Å². The Morgan fingerprint density at radius 1 is 1.29 bits per heavy atom. The highest BCUT2D eigenvalue weighted by atomic mass is 16.5. The second-order valence-corrected chi connectivity index (χ2v) is 4.21. The minimum Gasteiger partial charge on any atom is -0.493 e. The van der Waals surface area contributed by atoms with Crippen molar-refractivity contribution in [2.75, 3.05) is 14.2 Å². The summed E-state index contributed by atoms with van der Waals surface area (Å²) >= 11 is 0. The van der Waals surface area contributed by atoms with E-state index in [1.165, 1.54) is 32.7 Å². The molecule has 0 amide bonds. The first kappa shape index (κ1) is 14.6. The van der Waals surface area contributed by atoms with Gasteiger partial charge in [-0.1, -0.05) is 6.58 Å². The molecule has 0 N–H and O–H groups in total. The number of hydrogen-bond donors (Lipinski definition) is 0. The molecule has 0 aliphatic rings. The van der Waals surface area contributed by atoms with Crippen LogP contribution in [0.5, 0.6) is 5.75 Å². The summed E-state index contributed by atoms with van der Waals surface area (Å²) in [6.07, 6.45) is 4.52. The van der Waals surface area contributed by atoms with E-state index in [1.54, 1.807) is 6.07 Å². The lowest BCUT2D eigenvalue weighted by atomic mass is 10.0. The molecule has 0 unspecified atom stereocenters. The maximum absolute atomic E-state index is 11.9. The first-order chi connectivity index (χ1) is 10.1. The molecule has 0 atom stereocenters. The van der Waals surface area contributed by atoms with Crippen LogP contribution in [0.25, 0.3) is 17.3 Å². The van der Waals surface area contributed by atoms with Crippen molar-refractivity contribution < 1.29 is 14.3 Å². The van der Waals surface area contributed by atoms with Crippen molar-refractivity contribution in [3.63, 3.8) is 0 Å². The second kappa shape index (κ2) is 6.13. The Bertz CT molecular complexity index is 699. The molecule has 0 saturated heterocycles. The fraction of sp³-hybridized carbons (Fsp3) is 0.200. The monoisotopic (exact) mass is 285 g/mol. The number of methoxy groups -OCH3 is 2. The predicted octanol–water partition coefficient (Wildman–Crippen LogP) is 2.29. The molecule has 0 fully saturated rings. The van der Waals surface area contributed by atoms with Crippen molar-refractivity contribution in [1.29, 1.82) is 0 Å². The smallest absolute Gasteiger partial charge is 0.340 e. The fourth-order valence-corrected chi connectivity index (χ4v) is 1.85. The Balaban J connectivity index is 2.73. The van der Waals surface area contributed by atoms with Crippen LogP contribution in [0.15, 0.2) is 25.0 Å². The summed E-state index contributed by atoms with van der Waals surface area (Å²) < 4.78 is 10.1. The number of esters is 1. The van der Waals surface area contributed by atoms with E-state index in [0.29, 0.717) is 28.4 Å². The quantitative estimate of drug-likeness (QED) is 0.802. The molecule has 2 rings (SSSR count). The van der Waals surface area contributed by atoms with Gasteiger partial charge in [0.05, 0.1) is 26.0 Å². The molecular formula is C15H15N3O3. The first-order valence-electron chi connectivity index (χ1n) is 6.19. The standard InChI is InChI=1S/C15H15N3O3/c1-5-13-17-8-12(20-3)14(18-13)10-6-9(2)16-7-11(10)15(19)21-4/h5-8H,1H2,2-4H3. The number of carbonyl (C=O) groups is 1. The number of pyridine rings is 1. The Labute approximate surface area is 122 Å². The molecule has 21 heavy (non-hydrogen) atoms. The van der Waals surface area contributed by atoms with Crippen molar-refractivity contribution in [3.05, 3.63) is 42.1 Å². The molecule has 0 radical (unpaired) electrons. The van der Waals surface area contributed by atoms with Crippen molar-refractivity contribution in [2.45, 2.75) is 6.92 Å². The van der Waals surface area contributed by atoms with Crippen molar-refractivity contribution in [3.8, 4) is 17.0 Å². The van der Waals surface area contributed by atoms with Crippen LogP contribution in [0.1, 0.15) is 21.9 Å². The predicted molar refractivity (Wildman–Crippen MR) is 78.0 cm³/mol. The number of aryl methyl sites for hydroxylation is 1. The van der Waals surface area contributed by atoms with Gasteiger partial charge in [0.25, 0.3) is 0 Å². The van der Waals surface area contributed by atoms with Crippen molar-refractivity contribution >= 4 is 12.0 Å². The number of aromatic nitrogens is 3. The topological polar surface area (TPSA) is 74.2 Å². The van der Waals surface area contributed by atoms with E-state index in [1.807, 2.05) is 6.92 Å². The molecule has 108 valence electrons. The Kier molecular flexibility index (Phi) is 4.27. The third-order valence-corrected chi connectivity index (χ3v) is 2.88. The lowest BCUT2D eigenvalue weighted by molar-refractivity contribution is 0.0601. The summed E-state index contributed by atoms with van der Waals surface area (Å²) in [5.74, 6) is 0.408. The summed E-state index contributed by atoms with van der Waals surface area (Å²) in [4.78, 5) is 24.5. The van der Waals surface area contributed by atoms with Crippen LogP contribution >= 0.6 is 0 Å². The summed E-state index contributed by atoms with van der Waals surface area (Å²) in [7, 11) is 2.83. The number of nitrogens with zero attached hydrogens (tertiary/aromatic N) is 3. The van der Waals surface area contributed by atoms with Gasteiger partial charge in [0.2, 0.25) is 0 Å². The van der Waals surface area contributed by atoms with E-state index in [2.05, 4.69) is 21.5 Å². The zero-order chi connectivity index (χ0) is 15.4. The van der Waals surface area contributed by atoms with E-state index < -0.39 is 5.97 Å². The summed E-state index contributed by atoms with van der Waals surface area (Å²) in [5, 5.41) is 0. The third-order valence-electron chi connectivity index (χ3n) is 2.88. The molecule has 0 aliphatic heterocycles. The van der Waals surface area contributed by atoms with Crippen LogP contribution in [0.4, 0.5) is 0 Å². The van der Waals surface area contributed by atoms with E-state index >= 15 is 0 Å². The summed E-state index contributed by atoms with van der Waals surface area (Å²) in [6.45, 7) is 5.47. The van der Waals surface area contributed by atoms with Gasteiger partial charge >= 0.3 is 5.97 Å². The van der Waals surface area contributed by atoms with Gasteiger partial charge in [-0.15, -0.1) is 0 Å². The summed E-state index contributed by atoms with van der Waals surface area (Å²) in [5.41, 5.74) is 2.14. The number of ether oxygens (including phenoxy) is 2. The van der Waals surface area contributed by atoms with Crippen LogP contribution in [-0.4, -0.2) is 35.1 Å². The average Bonchev–Trinajstić information content (AvgIpc) is 2.53. The van der Waals surface area contributed by atoms with Gasteiger partial charge in [-0.3, -0.25) is 4.98 Å². The Hall–Kier alpha value is -2.76. The largest absolute Gasteiger partial charge is 0.493 e. The van der Waals surface area contributed by atoms with E-state index in [9.17, 15) is 4.79 Å². The highest BCUT2D eigenvalue weighted by molar-refractivity contribution is 5.97. The van der Waals surface area contributed by atoms with Crippen LogP contribution in [-0.2, 0) is 4.74 Å². The van der Waals surface area contributed by atoms with Gasteiger partial charge in [0.15, 0.2) is 11.6 Å². The number of rotatable bonds is 4. The molecule has 0 saturated carbocycles. The maximum atomic E-state index is 11.9. The minimum absolute atomic E-state index is 0.315. The molecule has 0 aromatic carbocycles. The van der Waals surface area contributed by atoms with E-state index in [0.717, 1.165) is 5.69 Å². The van der Waals surface area contributed by atoms with Gasteiger partial charge < -0.3 is 9.47 Å². The van der Waals surface area contributed by atoms with Crippen LogP contribution in [0.3, 0.4) is 0 Å². The number of hydrogen-bond acceptors (Lipinski definition) is 6. The normalized spacial score (nSPS) is 10.0. The van der Waals surface area contributed by atoms with Gasteiger partial charge in [0.1, 0.15) is 5.69 Å². The minimum atomic E-state index is -0.488.